The summed E-state index contributed by atoms with van der Waals surface area (Å²) >= 11 is 0. The minimum atomic E-state index is -0.416. The van der Waals surface area contributed by atoms with Gasteiger partial charge in [0.15, 0.2) is 0 Å². The van der Waals surface area contributed by atoms with E-state index in [9.17, 15) is 4.79 Å². The SMILES string of the molecule is CC(NC(=O)/C(C#N)=C/c1ccco1)c1ccccc1. The van der Waals surface area contributed by atoms with E-state index in [1.165, 1.54) is 12.3 Å². The van der Waals surface area contributed by atoms with Crippen molar-refractivity contribution in [1.82, 2.24) is 5.32 Å². The molecule has 1 amide bonds. The van der Waals surface area contributed by atoms with E-state index in [4.69, 9.17) is 9.68 Å². The summed E-state index contributed by atoms with van der Waals surface area (Å²) in [4.78, 5) is 12.0. The van der Waals surface area contributed by atoms with Crippen molar-refractivity contribution in [2.45, 2.75) is 13.0 Å². The number of carbonyl (C=O) groups excluding carboxylic acids is 1. The van der Waals surface area contributed by atoms with Gasteiger partial charge in [-0.1, -0.05) is 30.3 Å². The van der Waals surface area contributed by atoms with Crippen LogP contribution < -0.4 is 5.32 Å². The first-order valence-corrected chi connectivity index (χ1v) is 6.22. The number of nitrogens with zero attached hydrogens (tertiary/aromatic N) is 1. The zero-order chi connectivity index (χ0) is 14.4. The molecule has 2 aromatic rings. The van der Waals surface area contributed by atoms with E-state index >= 15 is 0 Å². The minimum Gasteiger partial charge on any atom is -0.465 e. The molecule has 0 bridgehead atoms. The number of nitrogens with one attached hydrogen (secondary N) is 1. The number of benzene rings is 1. The van der Waals surface area contributed by atoms with Gasteiger partial charge in [0.1, 0.15) is 17.4 Å². The molecule has 20 heavy (non-hydrogen) atoms. The molecule has 4 heteroatoms. The summed E-state index contributed by atoms with van der Waals surface area (Å²) in [5, 5.41) is 11.8. The summed E-state index contributed by atoms with van der Waals surface area (Å²) in [6, 6.07) is 14.7. The summed E-state index contributed by atoms with van der Waals surface area (Å²) in [6.07, 6.45) is 2.92. The van der Waals surface area contributed by atoms with Gasteiger partial charge >= 0.3 is 0 Å². The van der Waals surface area contributed by atoms with E-state index < -0.39 is 5.91 Å². The third-order valence-corrected chi connectivity index (χ3v) is 2.84. The summed E-state index contributed by atoms with van der Waals surface area (Å²) in [5.74, 6) is 0.0596. The third-order valence-electron chi connectivity index (χ3n) is 2.84. The highest BCUT2D eigenvalue weighted by Crippen LogP contribution is 2.13. The molecular formula is C16H14N2O2. The number of carbonyl (C=O) groups is 1. The first kappa shape index (κ1) is 13.6. The van der Waals surface area contributed by atoms with E-state index in [-0.39, 0.29) is 11.6 Å². The van der Waals surface area contributed by atoms with E-state index in [0.717, 1.165) is 5.56 Å². The van der Waals surface area contributed by atoms with Crippen LogP contribution in [0, 0.1) is 11.3 Å². The molecule has 0 saturated heterocycles. The fourth-order valence-corrected chi connectivity index (χ4v) is 1.76. The van der Waals surface area contributed by atoms with Crippen molar-refractivity contribution in [3.63, 3.8) is 0 Å². The van der Waals surface area contributed by atoms with Crippen LogP contribution in [0.25, 0.3) is 6.08 Å². The Balaban J connectivity index is 2.09. The van der Waals surface area contributed by atoms with Crippen molar-refractivity contribution in [2.24, 2.45) is 0 Å². The molecule has 0 saturated carbocycles. The summed E-state index contributed by atoms with van der Waals surface area (Å²) in [6.45, 7) is 1.87. The lowest BCUT2D eigenvalue weighted by atomic mass is 10.1. The maximum atomic E-state index is 12.0. The van der Waals surface area contributed by atoms with Crippen molar-refractivity contribution < 1.29 is 9.21 Å². The molecule has 1 aromatic carbocycles. The smallest absolute Gasteiger partial charge is 0.262 e. The molecule has 1 unspecified atom stereocenters. The molecule has 0 radical (unpaired) electrons. The highest BCUT2D eigenvalue weighted by Gasteiger charge is 2.13. The lowest BCUT2D eigenvalue weighted by molar-refractivity contribution is -0.117. The van der Waals surface area contributed by atoms with Crippen LogP contribution in [0.15, 0.2) is 58.7 Å². The molecule has 4 nitrogen and oxygen atoms in total. The minimum absolute atomic E-state index is 0.0164. The number of hydrogen-bond donors (Lipinski definition) is 1. The van der Waals surface area contributed by atoms with Gasteiger partial charge in [-0.05, 0) is 24.6 Å². The van der Waals surface area contributed by atoms with Crippen LogP contribution in [0.3, 0.4) is 0 Å². The van der Waals surface area contributed by atoms with Crippen LogP contribution in [-0.2, 0) is 4.79 Å². The molecular weight excluding hydrogens is 252 g/mol. The van der Waals surface area contributed by atoms with E-state index in [0.29, 0.717) is 5.76 Å². The predicted octanol–water partition coefficient (Wildman–Crippen LogP) is 3.06. The van der Waals surface area contributed by atoms with Gasteiger partial charge in [0.05, 0.1) is 12.3 Å². The van der Waals surface area contributed by atoms with Crippen LogP contribution >= 0.6 is 0 Å². The number of amides is 1. The lowest BCUT2D eigenvalue weighted by Crippen LogP contribution is -2.27. The van der Waals surface area contributed by atoms with Gasteiger partial charge in [0.25, 0.3) is 5.91 Å². The summed E-state index contributed by atoms with van der Waals surface area (Å²) < 4.78 is 5.10. The van der Waals surface area contributed by atoms with Crippen molar-refractivity contribution in [3.05, 3.63) is 65.6 Å². The largest absolute Gasteiger partial charge is 0.465 e. The number of rotatable bonds is 4. The Morgan fingerprint density at radius 1 is 1.30 bits per heavy atom. The van der Waals surface area contributed by atoms with Crippen molar-refractivity contribution in [3.8, 4) is 6.07 Å². The summed E-state index contributed by atoms with van der Waals surface area (Å²) in [5.41, 5.74) is 0.999. The van der Waals surface area contributed by atoms with Crippen molar-refractivity contribution >= 4 is 12.0 Å². The van der Waals surface area contributed by atoms with Gasteiger partial charge in [-0.3, -0.25) is 4.79 Å². The quantitative estimate of drug-likeness (QED) is 0.683. The van der Waals surface area contributed by atoms with Gasteiger partial charge in [-0.25, -0.2) is 0 Å². The molecule has 1 N–H and O–H groups in total. The van der Waals surface area contributed by atoms with Gasteiger partial charge in [-0.2, -0.15) is 5.26 Å². The first-order chi connectivity index (χ1) is 9.70. The molecule has 1 aromatic heterocycles. The van der Waals surface area contributed by atoms with Gasteiger partial charge in [0.2, 0.25) is 0 Å². The van der Waals surface area contributed by atoms with Gasteiger partial charge in [0, 0.05) is 6.08 Å². The average Bonchev–Trinajstić information content (AvgIpc) is 2.98. The topological polar surface area (TPSA) is 66.0 Å². The van der Waals surface area contributed by atoms with Crippen LogP contribution in [0.1, 0.15) is 24.3 Å². The van der Waals surface area contributed by atoms with Crippen LogP contribution in [0.2, 0.25) is 0 Å². The molecule has 0 aliphatic carbocycles. The number of furan rings is 1. The highest BCUT2D eigenvalue weighted by molar-refractivity contribution is 6.01. The zero-order valence-electron chi connectivity index (χ0n) is 11.0. The monoisotopic (exact) mass is 266 g/mol. The van der Waals surface area contributed by atoms with E-state index in [2.05, 4.69) is 5.32 Å². The van der Waals surface area contributed by atoms with Crippen LogP contribution in [-0.4, -0.2) is 5.91 Å². The molecule has 0 spiro atoms. The fraction of sp³-hybridized carbons (Fsp3) is 0.125. The van der Waals surface area contributed by atoms with E-state index in [1.54, 1.807) is 12.1 Å². The Hall–Kier alpha value is -2.80. The second-order valence-corrected chi connectivity index (χ2v) is 4.29. The van der Waals surface area contributed by atoms with E-state index in [1.807, 2.05) is 43.3 Å². The highest BCUT2D eigenvalue weighted by atomic mass is 16.3. The Kier molecular flexibility index (Phi) is 4.35. The van der Waals surface area contributed by atoms with Crippen molar-refractivity contribution in [2.75, 3.05) is 0 Å². The maximum Gasteiger partial charge on any atom is 0.262 e. The normalized spacial score (nSPS) is 12.5. The maximum absolute atomic E-state index is 12.0. The Morgan fingerprint density at radius 3 is 2.65 bits per heavy atom. The first-order valence-electron chi connectivity index (χ1n) is 6.22. The standard InChI is InChI=1S/C16H14N2O2/c1-12(13-6-3-2-4-7-13)18-16(19)14(11-17)10-15-8-5-9-20-15/h2-10,12H,1H3,(H,18,19)/b14-10+. The fourth-order valence-electron chi connectivity index (χ4n) is 1.76. The molecule has 2 rings (SSSR count). The predicted molar refractivity (Wildman–Crippen MR) is 75.3 cm³/mol. The van der Waals surface area contributed by atoms with Gasteiger partial charge < -0.3 is 9.73 Å². The second-order valence-electron chi connectivity index (χ2n) is 4.29. The number of nitriles is 1. The molecule has 0 aliphatic rings. The molecule has 0 aliphatic heterocycles. The average molecular weight is 266 g/mol. The van der Waals surface area contributed by atoms with Crippen LogP contribution in [0.4, 0.5) is 0 Å². The Bertz CT molecular complexity index is 637. The Morgan fingerprint density at radius 2 is 2.05 bits per heavy atom. The molecule has 1 heterocycles. The Labute approximate surface area is 117 Å². The van der Waals surface area contributed by atoms with Crippen LogP contribution in [0.5, 0.6) is 0 Å². The molecule has 1 atom stereocenters. The van der Waals surface area contributed by atoms with Crippen molar-refractivity contribution in [1.29, 1.82) is 5.26 Å². The molecule has 0 fully saturated rings. The summed E-state index contributed by atoms with van der Waals surface area (Å²) in [7, 11) is 0. The molecule has 100 valence electrons. The zero-order valence-corrected chi connectivity index (χ0v) is 11.0. The van der Waals surface area contributed by atoms with Gasteiger partial charge in [-0.15, -0.1) is 0 Å². The number of hydrogen-bond acceptors (Lipinski definition) is 3. The lowest BCUT2D eigenvalue weighted by Gasteiger charge is -2.13. The third kappa shape index (κ3) is 3.36. The second kappa shape index (κ2) is 6.39.